The molecule has 0 aliphatic heterocycles. The zero-order valence-corrected chi connectivity index (χ0v) is 14.4. The van der Waals surface area contributed by atoms with E-state index in [1.165, 1.54) is 5.56 Å². The Morgan fingerprint density at radius 2 is 1.72 bits per heavy atom. The Labute approximate surface area is 147 Å². The van der Waals surface area contributed by atoms with Crippen LogP contribution in [0, 0.1) is 6.92 Å². The van der Waals surface area contributed by atoms with Crippen molar-refractivity contribution >= 4 is 22.5 Å². The monoisotopic (exact) mass is 328 g/mol. The van der Waals surface area contributed by atoms with Gasteiger partial charge < -0.3 is 10.3 Å². The highest BCUT2D eigenvalue weighted by Gasteiger charge is 2.12. The molecule has 0 fully saturated rings. The van der Waals surface area contributed by atoms with Crippen molar-refractivity contribution in [2.75, 3.05) is 5.32 Å². The van der Waals surface area contributed by atoms with Crippen LogP contribution in [0.4, 0.5) is 11.5 Å². The summed E-state index contributed by atoms with van der Waals surface area (Å²) in [5, 5.41) is 4.52. The number of aromatic amines is 1. The van der Waals surface area contributed by atoms with Gasteiger partial charge in [0.15, 0.2) is 5.82 Å². The SMILES string of the molecule is CCc1ccccc1Nc1nc(-c2ccccc2)nc2[nH]c(C)cc12. The van der Waals surface area contributed by atoms with Crippen LogP contribution in [-0.2, 0) is 6.42 Å². The van der Waals surface area contributed by atoms with Crippen LogP contribution >= 0.6 is 0 Å². The first-order chi connectivity index (χ1) is 12.2. The third-order valence-electron chi connectivity index (χ3n) is 4.31. The van der Waals surface area contributed by atoms with E-state index < -0.39 is 0 Å². The van der Waals surface area contributed by atoms with Crippen LogP contribution in [0.25, 0.3) is 22.4 Å². The second-order valence-corrected chi connectivity index (χ2v) is 6.11. The fourth-order valence-electron chi connectivity index (χ4n) is 3.03. The topological polar surface area (TPSA) is 53.6 Å². The molecule has 0 saturated carbocycles. The van der Waals surface area contributed by atoms with Crippen LogP contribution in [0.2, 0.25) is 0 Å². The summed E-state index contributed by atoms with van der Waals surface area (Å²) in [7, 11) is 0. The molecule has 0 aliphatic rings. The summed E-state index contributed by atoms with van der Waals surface area (Å²) in [4.78, 5) is 12.8. The molecular formula is C21H20N4. The number of nitrogens with zero attached hydrogens (tertiary/aromatic N) is 2. The molecule has 0 bridgehead atoms. The van der Waals surface area contributed by atoms with Crippen molar-refractivity contribution in [3.8, 4) is 11.4 Å². The Kier molecular flexibility index (Phi) is 3.94. The van der Waals surface area contributed by atoms with Crippen LogP contribution < -0.4 is 5.32 Å². The van der Waals surface area contributed by atoms with E-state index in [9.17, 15) is 0 Å². The van der Waals surface area contributed by atoms with Gasteiger partial charge in [-0.1, -0.05) is 55.5 Å². The van der Waals surface area contributed by atoms with Gasteiger partial charge in [-0.3, -0.25) is 0 Å². The molecule has 25 heavy (non-hydrogen) atoms. The fourth-order valence-corrected chi connectivity index (χ4v) is 3.03. The van der Waals surface area contributed by atoms with E-state index in [4.69, 9.17) is 9.97 Å². The number of aryl methyl sites for hydroxylation is 2. The molecule has 2 heterocycles. The quantitative estimate of drug-likeness (QED) is 0.538. The van der Waals surface area contributed by atoms with Gasteiger partial charge in [0.25, 0.3) is 0 Å². The summed E-state index contributed by atoms with van der Waals surface area (Å²) in [6, 6.07) is 20.5. The molecule has 2 aromatic heterocycles. The summed E-state index contributed by atoms with van der Waals surface area (Å²) in [5.74, 6) is 1.54. The van der Waals surface area contributed by atoms with Crippen LogP contribution in [-0.4, -0.2) is 15.0 Å². The molecule has 4 nitrogen and oxygen atoms in total. The van der Waals surface area contributed by atoms with E-state index >= 15 is 0 Å². The molecule has 4 heteroatoms. The molecule has 0 unspecified atom stereocenters. The van der Waals surface area contributed by atoms with E-state index in [-0.39, 0.29) is 0 Å². The average molecular weight is 328 g/mol. The highest BCUT2D eigenvalue weighted by molar-refractivity contribution is 5.91. The zero-order chi connectivity index (χ0) is 17.2. The number of anilines is 2. The van der Waals surface area contributed by atoms with E-state index in [0.717, 1.165) is 40.2 Å². The predicted octanol–water partition coefficient (Wildman–Crippen LogP) is 5.24. The third kappa shape index (κ3) is 2.98. The molecule has 4 aromatic rings. The molecular weight excluding hydrogens is 308 g/mol. The lowest BCUT2D eigenvalue weighted by Crippen LogP contribution is -2.00. The molecule has 0 spiro atoms. The maximum absolute atomic E-state index is 4.81. The van der Waals surface area contributed by atoms with Crippen molar-refractivity contribution in [3.05, 3.63) is 71.9 Å². The number of para-hydroxylation sites is 1. The standard InChI is InChI=1S/C21H20N4/c1-3-15-9-7-8-12-18(15)23-21-17-13-14(2)22-20(17)24-19(25-21)16-10-5-4-6-11-16/h4-13H,3H2,1-2H3,(H2,22,23,24,25). The minimum Gasteiger partial charge on any atom is -0.343 e. The third-order valence-corrected chi connectivity index (χ3v) is 4.31. The largest absolute Gasteiger partial charge is 0.343 e. The number of H-pyrrole nitrogens is 1. The number of fused-ring (bicyclic) bond motifs is 1. The summed E-state index contributed by atoms with van der Waals surface area (Å²) in [6.07, 6.45) is 0.967. The predicted molar refractivity (Wildman–Crippen MR) is 103 cm³/mol. The Balaban J connectivity index is 1.87. The molecule has 4 rings (SSSR count). The van der Waals surface area contributed by atoms with Crippen molar-refractivity contribution < 1.29 is 0 Å². The summed E-state index contributed by atoms with van der Waals surface area (Å²) in [6.45, 7) is 4.19. The highest BCUT2D eigenvalue weighted by atomic mass is 15.1. The Bertz CT molecular complexity index is 1020. The lowest BCUT2D eigenvalue weighted by Gasteiger charge is -2.12. The molecule has 0 amide bonds. The van der Waals surface area contributed by atoms with E-state index in [2.05, 4.69) is 41.5 Å². The van der Waals surface area contributed by atoms with Crippen LogP contribution in [0.15, 0.2) is 60.7 Å². The second kappa shape index (κ2) is 6.40. The lowest BCUT2D eigenvalue weighted by atomic mass is 10.1. The Hall–Kier alpha value is -3.14. The normalized spacial score (nSPS) is 11.0. The van der Waals surface area contributed by atoms with Gasteiger partial charge in [0.1, 0.15) is 11.5 Å². The summed E-state index contributed by atoms with van der Waals surface area (Å²) >= 11 is 0. The van der Waals surface area contributed by atoms with Crippen molar-refractivity contribution in [1.82, 2.24) is 15.0 Å². The second-order valence-electron chi connectivity index (χ2n) is 6.11. The molecule has 2 aromatic carbocycles. The number of benzene rings is 2. The van der Waals surface area contributed by atoms with Crippen LogP contribution in [0.3, 0.4) is 0 Å². The first-order valence-electron chi connectivity index (χ1n) is 8.52. The van der Waals surface area contributed by atoms with Crippen LogP contribution in [0.5, 0.6) is 0 Å². The number of hydrogen-bond donors (Lipinski definition) is 2. The molecule has 2 N–H and O–H groups in total. The molecule has 0 radical (unpaired) electrons. The summed E-state index contributed by atoms with van der Waals surface area (Å²) in [5.41, 5.74) is 5.28. The number of rotatable bonds is 4. The van der Waals surface area contributed by atoms with Crippen molar-refractivity contribution in [2.24, 2.45) is 0 Å². The van der Waals surface area contributed by atoms with Gasteiger partial charge >= 0.3 is 0 Å². The average Bonchev–Trinajstić information content (AvgIpc) is 3.03. The first kappa shape index (κ1) is 15.4. The maximum Gasteiger partial charge on any atom is 0.163 e. The Morgan fingerprint density at radius 1 is 0.960 bits per heavy atom. The van der Waals surface area contributed by atoms with Gasteiger partial charge in [0.2, 0.25) is 0 Å². The van der Waals surface area contributed by atoms with E-state index in [0.29, 0.717) is 5.82 Å². The van der Waals surface area contributed by atoms with E-state index in [1.54, 1.807) is 0 Å². The van der Waals surface area contributed by atoms with Gasteiger partial charge in [-0.25, -0.2) is 9.97 Å². The number of nitrogens with one attached hydrogen (secondary N) is 2. The number of hydrogen-bond acceptors (Lipinski definition) is 3. The van der Waals surface area contributed by atoms with Gasteiger partial charge in [-0.15, -0.1) is 0 Å². The van der Waals surface area contributed by atoms with Gasteiger partial charge in [0.05, 0.1) is 5.39 Å². The smallest absolute Gasteiger partial charge is 0.163 e. The lowest BCUT2D eigenvalue weighted by molar-refractivity contribution is 1.13. The molecule has 0 aliphatic carbocycles. The minimum absolute atomic E-state index is 0.714. The Morgan fingerprint density at radius 3 is 2.52 bits per heavy atom. The van der Waals surface area contributed by atoms with E-state index in [1.807, 2.05) is 43.3 Å². The highest BCUT2D eigenvalue weighted by Crippen LogP contribution is 2.29. The van der Waals surface area contributed by atoms with Crippen molar-refractivity contribution in [1.29, 1.82) is 0 Å². The molecule has 124 valence electrons. The maximum atomic E-state index is 4.81. The van der Waals surface area contributed by atoms with Crippen molar-refractivity contribution in [2.45, 2.75) is 20.3 Å². The molecule has 0 saturated heterocycles. The minimum atomic E-state index is 0.714. The zero-order valence-electron chi connectivity index (χ0n) is 14.4. The summed E-state index contributed by atoms with van der Waals surface area (Å²) < 4.78 is 0. The van der Waals surface area contributed by atoms with Gasteiger partial charge in [0, 0.05) is 16.9 Å². The first-order valence-corrected chi connectivity index (χ1v) is 8.52. The van der Waals surface area contributed by atoms with Gasteiger partial charge in [-0.2, -0.15) is 0 Å². The molecule has 0 atom stereocenters. The van der Waals surface area contributed by atoms with Crippen molar-refractivity contribution in [3.63, 3.8) is 0 Å². The van der Waals surface area contributed by atoms with Crippen LogP contribution in [0.1, 0.15) is 18.2 Å². The number of aromatic nitrogens is 3. The van der Waals surface area contributed by atoms with Gasteiger partial charge in [-0.05, 0) is 31.0 Å². The fraction of sp³-hybridized carbons (Fsp3) is 0.143.